The van der Waals surface area contributed by atoms with Gasteiger partial charge in [-0.1, -0.05) is 103 Å². The average Bonchev–Trinajstić information content (AvgIpc) is 2.50. The van der Waals surface area contributed by atoms with Gasteiger partial charge in [0.25, 0.3) is 0 Å². The molecule has 0 aliphatic carbocycles. The first kappa shape index (κ1) is 26.0. The normalized spacial score (nSPS) is 10.3. The second-order valence-electron chi connectivity index (χ2n) is 6.64. The van der Waals surface area contributed by atoms with Crippen molar-refractivity contribution in [2.24, 2.45) is 0 Å². The third-order valence-corrected chi connectivity index (χ3v) is 4.30. The third kappa shape index (κ3) is 25.1. The molecule has 0 aromatic rings. The van der Waals surface area contributed by atoms with Crippen molar-refractivity contribution >= 4 is 43.7 Å². The van der Waals surface area contributed by atoms with Crippen LogP contribution in [0.25, 0.3) is 0 Å². The molecule has 0 spiro atoms. The fraction of sp³-hybridized carbons (Fsp3) is 0.950. The Morgan fingerprint density at radius 2 is 0.957 bits per heavy atom. The van der Waals surface area contributed by atoms with Crippen molar-refractivity contribution in [3.8, 4) is 0 Å². The van der Waals surface area contributed by atoms with E-state index < -0.39 is 0 Å². The Bertz CT molecular complexity index is 242. The minimum Gasteiger partial charge on any atom is -1.00 e. The summed E-state index contributed by atoms with van der Waals surface area (Å²) in [5.41, 5.74) is 0. The molecular formula is C20H42CaO2. The monoisotopic (exact) mass is 354 g/mol. The predicted octanol–water partition coefficient (Wildman–Crippen LogP) is 6.66. The minimum absolute atomic E-state index is 0. The Labute approximate surface area is 178 Å². The molecule has 0 radical (unpaired) electrons. The van der Waals surface area contributed by atoms with E-state index in [1.54, 1.807) is 0 Å². The molecule has 0 rings (SSSR count). The van der Waals surface area contributed by atoms with Gasteiger partial charge in [0.1, 0.15) is 0 Å². The van der Waals surface area contributed by atoms with Crippen molar-refractivity contribution in [2.45, 2.75) is 117 Å². The molecule has 0 saturated heterocycles. The number of rotatable bonds is 17. The molecule has 0 amide bonds. The predicted molar refractivity (Wildman–Crippen MR) is 104 cm³/mol. The molecule has 0 fully saturated rings. The number of hydrogen-bond acceptors (Lipinski definition) is 2. The Morgan fingerprint density at radius 3 is 1.26 bits per heavy atom. The van der Waals surface area contributed by atoms with Crippen molar-refractivity contribution in [2.75, 3.05) is 6.61 Å². The zero-order chi connectivity index (χ0) is 16.3. The van der Waals surface area contributed by atoms with Crippen LogP contribution in [0.5, 0.6) is 0 Å². The summed E-state index contributed by atoms with van der Waals surface area (Å²) in [6.45, 7) is 4.36. The molecule has 136 valence electrons. The van der Waals surface area contributed by atoms with Gasteiger partial charge >= 0.3 is 43.7 Å². The van der Waals surface area contributed by atoms with E-state index in [2.05, 4.69) is 6.92 Å². The topological polar surface area (TPSA) is 26.3 Å². The summed E-state index contributed by atoms with van der Waals surface area (Å²) in [5.74, 6) is -0.152. The Hall–Kier alpha value is 0.730. The van der Waals surface area contributed by atoms with E-state index in [-0.39, 0.29) is 46.6 Å². The molecule has 2 nitrogen and oxygen atoms in total. The van der Waals surface area contributed by atoms with Crippen molar-refractivity contribution < 1.29 is 12.4 Å². The van der Waals surface area contributed by atoms with E-state index in [1.165, 1.54) is 103 Å². The maximum atomic E-state index is 10.6. The first-order valence-corrected chi connectivity index (χ1v) is 9.90. The second kappa shape index (κ2) is 22.7. The zero-order valence-corrected chi connectivity index (χ0v) is 18.3. The number of carbonyl (C=O) groups excluding carboxylic acids is 1. The van der Waals surface area contributed by atoms with Crippen LogP contribution in [0.1, 0.15) is 119 Å². The van der Waals surface area contributed by atoms with Crippen LogP contribution in [0.4, 0.5) is 0 Å². The zero-order valence-electron chi connectivity index (χ0n) is 18.0. The van der Waals surface area contributed by atoms with E-state index in [1.807, 2.05) is 0 Å². The Balaban J connectivity index is -0.000000735. The molecule has 3 heteroatoms. The van der Waals surface area contributed by atoms with Crippen LogP contribution < -0.4 is 0 Å². The largest absolute Gasteiger partial charge is 2.00 e. The summed E-state index contributed by atoms with van der Waals surface area (Å²) in [4.78, 5) is 10.6. The van der Waals surface area contributed by atoms with E-state index in [9.17, 15) is 4.79 Å². The number of unbranched alkanes of at least 4 members (excludes halogenated alkanes) is 15. The van der Waals surface area contributed by atoms with Gasteiger partial charge in [-0.2, -0.15) is 0 Å². The van der Waals surface area contributed by atoms with Crippen LogP contribution in [0, 0.1) is 0 Å². The molecule has 0 aliphatic rings. The summed E-state index contributed by atoms with van der Waals surface area (Å²) < 4.78 is 4.92. The third-order valence-electron chi connectivity index (χ3n) is 4.30. The molecular weight excluding hydrogens is 312 g/mol. The second-order valence-corrected chi connectivity index (χ2v) is 6.64. The molecule has 0 bridgehead atoms. The number of ether oxygens (including phenoxy) is 1. The standard InChI is InChI=1S/C20H40O2.Ca.2H/c1-3-4-5-6-7-8-9-10-11-12-13-14-15-16-17-18-19-22-20(2)21;;;/h3-19H2,1-2H3;;;/q;+2;2*-1. The van der Waals surface area contributed by atoms with Crippen molar-refractivity contribution in [3.05, 3.63) is 0 Å². The fourth-order valence-electron chi connectivity index (χ4n) is 2.87. The van der Waals surface area contributed by atoms with Gasteiger partial charge < -0.3 is 7.59 Å². The van der Waals surface area contributed by atoms with Crippen LogP contribution >= 0.6 is 0 Å². The van der Waals surface area contributed by atoms with Crippen LogP contribution in [0.2, 0.25) is 0 Å². The van der Waals surface area contributed by atoms with E-state index in [0.717, 1.165) is 6.42 Å². The molecule has 0 atom stereocenters. The molecule has 0 aromatic carbocycles. The average molecular weight is 355 g/mol. The molecule has 0 unspecified atom stereocenters. The van der Waals surface area contributed by atoms with Gasteiger partial charge in [-0.25, -0.2) is 0 Å². The molecule has 0 aromatic heterocycles. The molecule has 23 heavy (non-hydrogen) atoms. The van der Waals surface area contributed by atoms with Gasteiger partial charge in [-0.15, -0.1) is 0 Å². The van der Waals surface area contributed by atoms with Crippen LogP contribution in [-0.4, -0.2) is 50.3 Å². The molecule has 0 heterocycles. The molecule has 0 N–H and O–H groups in total. The Morgan fingerprint density at radius 1 is 0.652 bits per heavy atom. The van der Waals surface area contributed by atoms with E-state index >= 15 is 0 Å². The first-order chi connectivity index (χ1) is 10.8. The van der Waals surface area contributed by atoms with Gasteiger partial charge in [0.2, 0.25) is 0 Å². The van der Waals surface area contributed by atoms with Gasteiger partial charge in [0.05, 0.1) is 6.61 Å². The first-order valence-electron chi connectivity index (χ1n) is 9.90. The summed E-state index contributed by atoms with van der Waals surface area (Å²) in [5, 5.41) is 0. The smallest absolute Gasteiger partial charge is 1.00 e. The number of hydrogen-bond donors (Lipinski definition) is 0. The summed E-state index contributed by atoms with van der Waals surface area (Å²) in [6.07, 6.45) is 22.0. The van der Waals surface area contributed by atoms with Crippen molar-refractivity contribution in [3.63, 3.8) is 0 Å². The summed E-state index contributed by atoms with van der Waals surface area (Å²) in [6, 6.07) is 0. The van der Waals surface area contributed by atoms with Gasteiger partial charge in [0, 0.05) is 6.92 Å². The van der Waals surface area contributed by atoms with E-state index in [4.69, 9.17) is 4.74 Å². The molecule has 0 saturated carbocycles. The van der Waals surface area contributed by atoms with Gasteiger partial charge in [-0.05, 0) is 6.42 Å². The Kier molecular flexibility index (Phi) is 25.7. The quantitative estimate of drug-likeness (QED) is 0.166. The van der Waals surface area contributed by atoms with Gasteiger partial charge in [0.15, 0.2) is 0 Å². The fourth-order valence-corrected chi connectivity index (χ4v) is 2.87. The maximum absolute atomic E-state index is 10.6. The SMILES string of the molecule is CCCCCCCCCCCCCCCCCCOC(C)=O.[Ca+2].[H-].[H-]. The van der Waals surface area contributed by atoms with Crippen LogP contribution in [-0.2, 0) is 9.53 Å². The van der Waals surface area contributed by atoms with Crippen LogP contribution in [0.3, 0.4) is 0 Å². The summed E-state index contributed by atoms with van der Waals surface area (Å²) in [7, 11) is 0. The van der Waals surface area contributed by atoms with Crippen LogP contribution in [0.15, 0.2) is 0 Å². The number of carbonyl (C=O) groups is 1. The summed E-state index contributed by atoms with van der Waals surface area (Å²) >= 11 is 0. The van der Waals surface area contributed by atoms with E-state index in [0.29, 0.717) is 6.61 Å². The maximum Gasteiger partial charge on any atom is 2.00 e. The van der Waals surface area contributed by atoms with Crippen molar-refractivity contribution in [1.82, 2.24) is 0 Å². The van der Waals surface area contributed by atoms with Crippen molar-refractivity contribution in [1.29, 1.82) is 0 Å². The molecule has 0 aliphatic heterocycles. The number of esters is 1. The minimum atomic E-state index is -0.152. The van der Waals surface area contributed by atoms with Gasteiger partial charge in [-0.3, -0.25) is 4.79 Å².